The Kier molecular flexibility index (Phi) is 5.39. The number of rotatable bonds is 6. The van der Waals surface area contributed by atoms with Crippen LogP contribution < -0.4 is 10.1 Å². The van der Waals surface area contributed by atoms with E-state index in [0.717, 1.165) is 5.56 Å². The predicted octanol–water partition coefficient (Wildman–Crippen LogP) is 4.22. The van der Waals surface area contributed by atoms with Gasteiger partial charge in [0.25, 0.3) is 5.91 Å². The fourth-order valence-corrected chi connectivity index (χ4v) is 3.04. The van der Waals surface area contributed by atoms with Crippen LogP contribution in [0.3, 0.4) is 0 Å². The number of methoxy groups -OCH3 is 1. The maximum Gasteiger partial charge on any atom is 0.317 e. The molecule has 1 aliphatic carbocycles. The van der Waals surface area contributed by atoms with Crippen molar-refractivity contribution in [2.24, 2.45) is 0 Å². The van der Waals surface area contributed by atoms with Gasteiger partial charge >= 0.3 is 5.97 Å². The average Bonchev–Trinajstić information content (AvgIpc) is 3.42. The maximum atomic E-state index is 12.5. The Balaban J connectivity index is 1.60. The minimum Gasteiger partial charge on any atom is -0.495 e. The third-order valence-electron chi connectivity index (χ3n) is 4.31. The zero-order valence-corrected chi connectivity index (χ0v) is 15.6. The zero-order valence-electron chi connectivity index (χ0n) is 14.1. The Morgan fingerprint density at radius 3 is 2.35 bits per heavy atom. The standard InChI is InChI=1S/C19H17Cl2NO4/c1-25-16-7-6-14(21)10-15(16)22-17(23)11-26-18(24)19(8-9-19)12-2-4-13(20)5-3-12/h2-7,10H,8-9,11H2,1H3,(H,22,23). The molecule has 1 amide bonds. The molecule has 0 radical (unpaired) electrons. The minimum absolute atomic E-state index is 0.385. The second kappa shape index (κ2) is 7.56. The normalized spacial score (nSPS) is 14.4. The van der Waals surface area contributed by atoms with Gasteiger partial charge in [0, 0.05) is 10.0 Å². The van der Waals surface area contributed by atoms with Crippen molar-refractivity contribution in [2.45, 2.75) is 18.3 Å². The van der Waals surface area contributed by atoms with E-state index in [1.165, 1.54) is 7.11 Å². The summed E-state index contributed by atoms with van der Waals surface area (Å²) < 4.78 is 10.4. The average molecular weight is 394 g/mol. The van der Waals surface area contributed by atoms with Gasteiger partial charge in [-0.25, -0.2) is 0 Å². The molecular formula is C19H17Cl2NO4. The molecule has 1 fully saturated rings. The highest BCUT2D eigenvalue weighted by atomic mass is 35.5. The molecule has 0 unspecified atom stereocenters. The van der Waals surface area contributed by atoms with Gasteiger partial charge in [-0.05, 0) is 48.7 Å². The molecule has 2 aromatic rings. The maximum absolute atomic E-state index is 12.5. The fourth-order valence-electron chi connectivity index (χ4n) is 2.74. The molecule has 0 saturated heterocycles. The van der Waals surface area contributed by atoms with Crippen LogP contribution in [0.4, 0.5) is 5.69 Å². The van der Waals surface area contributed by atoms with Crippen molar-refractivity contribution in [3.05, 3.63) is 58.1 Å². The quantitative estimate of drug-likeness (QED) is 0.746. The number of halogens is 2. The van der Waals surface area contributed by atoms with Gasteiger partial charge in [-0.3, -0.25) is 9.59 Å². The highest BCUT2D eigenvalue weighted by molar-refractivity contribution is 6.31. The molecule has 5 nitrogen and oxygen atoms in total. The van der Waals surface area contributed by atoms with E-state index in [1.807, 2.05) is 12.1 Å². The molecule has 0 aliphatic heterocycles. The number of esters is 1. The molecule has 1 N–H and O–H groups in total. The first kappa shape index (κ1) is 18.5. The zero-order chi connectivity index (χ0) is 18.7. The first-order valence-electron chi connectivity index (χ1n) is 8.01. The molecule has 0 aromatic heterocycles. The summed E-state index contributed by atoms with van der Waals surface area (Å²) in [7, 11) is 1.49. The monoisotopic (exact) mass is 393 g/mol. The topological polar surface area (TPSA) is 64.6 Å². The number of carbonyl (C=O) groups is 2. The lowest BCUT2D eigenvalue weighted by Gasteiger charge is -2.15. The van der Waals surface area contributed by atoms with E-state index in [2.05, 4.69) is 5.32 Å². The van der Waals surface area contributed by atoms with Crippen LogP contribution in [0.1, 0.15) is 18.4 Å². The summed E-state index contributed by atoms with van der Waals surface area (Å²) in [6.45, 7) is -0.385. The van der Waals surface area contributed by atoms with Crippen molar-refractivity contribution in [1.29, 1.82) is 0 Å². The highest BCUT2D eigenvalue weighted by Crippen LogP contribution is 2.49. The summed E-state index contributed by atoms with van der Waals surface area (Å²) in [5.41, 5.74) is 0.599. The Morgan fingerprint density at radius 2 is 1.73 bits per heavy atom. The molecule has 136 valence electrons. The van der Waals surface area contributed by atoms with Crippen molar-refractivity contribution in [3.63, 3.8) is 0 Å². The smallest absolute Gasteiger partial charge is 0.317 e. The number of hydrogen-bond donors (Lipinski definition) is 1. The van der Waals surface area contributed by atoms with Crippen molar-refractivity contribution in [1.82, 2.24) is 0 Å². The Labute approximate surface area is 161 Å². The molecule has 7 heteroatoms. The molecule has 0 spiro atoms. The summed E-state index contributed by atoms with van der Waals surface area (Å²) in [5.74, 6) is -0.409. The lowest BCUT2D eigenvalue weighted by atomic mass is 9.96. The van der Waals surface area contributed by atoms with E-state index in [4.69, 9.17) is 32.7 Å². The number of ether oxygens (including phenoxy) is 2. The van der Waals surface area contributed by atoms with E-state index in [9.17, 15) is 9.59 Å². The third kappa shape index (κ3) is 3.94. The molecule has 26 heavy (non-hydrogen) atoms. The number of benzene rings is 2. The fraction of sp³-hybridized carbons (Fsp3) is 0.263. The van der Waals surface area contributed by atoms with Gasteiger partial charge < -0.3 is 14.8 Å². The van der Waals surface area contributed by atoms with Crippen LogP contribution >= 0.6 is 23.2 Å². The van der Waals surface area contributed by atoms with E-state index < -0.39 is 17.3 Å². The summed E-state index contributed by atoms with van der Waals surface area (Å²) >= 11 is 11.8. The van der Waals surface area contributed by atoms with Gasteiger partial charge in [0.05, 0.1) is 18.2 Å². The minimum atomic E-state index is -0.668. The second-order valence-electron chi connectivity index (χ2n) is 6.06. The summed E-state index contributed by atoms with van der Waals surface area (Å²) in [5, 5.41) is 3.69. The SMILES string of the molecule is COc1ccc(Cl)cc1NC(=O)COC(=O)C1(c2ccc(Cl)cc2)CC1. The van der Waals surface area contributed by atoms with E-state index >= 15 is 0 Å². The van der Waals surface area contributed by atoms with Crippen LogP contribution in [0.25, 0.3) is 0 Å². The molecule has 3 rings (SSSR count). The number of amides is 1. The first-order chi connectivity index (χ1) is 12.4. The lowest BCUT2D eigenvalue weighted by molar-refractivity contribution is -0.150. The largest absolute Gasteiger partial charge is 0.495 e. The van der Waals surface area contributed by atoms with Gasteiger partial charge in [0.15, 0.2) is 6.61 Å². The lowest BCUT2D eigenvalue weighted by Crippen LogP contribution is -2.28. The molecule has 1 aliphatic rings. The van der Waals surface area contributed by atoms with Crippen molar-refractivity contribution in [3.8, 4) is 5.75 Å². The number of carbonyl (C=O) groups excluding carboxylic acids is 2. The Bertz CT molecular complexity index is 832. The van der Waals surface area contributed by atoms with Crippen LogP contribution in [0.5, 0.6) is 5.75 Å². The predicted molar refractivity (Wildman–Crippen MR) is 100.0 cm³/mol. The third-order valence-corrected chi connectivity index (χ3v) is 4.79. The molecule has 0 heterocycles. The first-order valence-corrected chi connectivity index (χ1v) is 8.77. The summed E-state index contributed by atoms with van der Waals surface area (Å²) in [6.07, 6.45) is 1.38. The Hall–Kier alpha value is -2.24. The van der Waals surface area contributed by atoms with Gasteiger partial charge in [0.2, 0.25) is 0 Å². The summed E-state index contributed by atoms with van der Waals surface area (Å²) in [6, 6.07) is 12.0. The number of nitrogens with one attached hydrogen (secondary N) is 1. The van der Waals surface area contributed by atoms with E-state index in [0.29, 0.717) is 34.3 Å². The van der Waals surface area contributed by atoms with Crippen LogP contribution in [0.15, 0.2) is 42.5 Å². The van der Waals surface area contributed by atoms with E-state index in [-0.39, 0.29) is 6.61 Å². The van der Waals surface area contributed by atoms with Crippen LogP contribution in [-0.4, -0.2) is 25.6 Å². The van der Waals surface area contributed by atoms with Crippen LogP contribution in [-0.2, 0) is 19.7 Å². The van der Waals surface area contributed by atoms with Gasteiger partial charge in [-0.1, -0.05) is 35.3 Å². The van der Waals surface area contributed by atoms with Crippen LogP contribution in [0.2, 0.25) is 10.0 Å². The van der Waals surface area contributed by atoms with Crippen molar-refractivity contribution in [2.75, 3.05) is 19.0 Å². The van der Waals surface area contributed by atoms with Gasteiger partial charge in [0.1, 0.15) is 5.75 Å². The molecule has 1 saturated carbocycles. The molecular weight excluding hydrogens is 377 g/mol. The highest BCUT2D eigenvalue weighted by Gasteiger charge is 2.52. The molecule has 0 bridgehead atoms. The Morgan fingerprint density at radius 1 is 1.08 bits per heavy atom. The number of anilines is 1. The summed E-state index contributed by atoms with van der Waals surface area (Å²) in [4.78, 5) is 24.6. The van der Waals surface area contributed by atoms with Crippen molar-refractivity contribution < 1.29 is 19.1 Å². The molecule has 2 aromatic carbocycles. The molecule has 0 atom stereocenters. The van der Waals surface area contributed by atoms with Crippen LogP contribution in [0, 0.1) is 0 Å². The number of hydrogen-bond acceptors (Lipinski definition) is 4. The second-order valence-corrected chi connectivity index (χ2v) is 6.93. The van der Waals surface area contributed by atoms with Gasteiger partial charge in [-0.15, -0.1) is 0 Å². The van der Waals surface area contributed by atoms with E-state index in [1.54, 1.807) is 30.3 Å². The van der Waals surface area contributed by atoms with Gasteiger partial charge in [-0.2, -0.15) is 0 Å². The van der Waals surface area contributed by atoms with Crippen molar-refractivity contribution >= 4 is 40.8 Å².